The van der Waals surface area contributed by atoms with Crippen LogP contribution >= 0.6 is 0 Å². The summed E-state index contributed by atoms with van der Waals surface area (Å²) >= 11 is 0. The van der Waals surface area contributed by atoms with Crippen LogP contribution in [0.5, 0.6) is 5.75 Å². The average Bonchev–Trinajstić information content (AvgIpc) is 2.31. The molecule has 0 spiro atoms. The Kier molecular flexibility index (Phi) is 5.39. The van der Waals surface area contributed by atoms with Gasteiger partial charge < -0.3 is 9.47 Å². The smallest absolute Gasteiger partial charge is 0.344 e. The highest BCUT2D eigenvalue weighted by atomic mass is 19.1. The van der Waals surface area contributed by atoms with E-state index in [-0.39, 0.29) is 5.75 Å². The Morgan fingerprint density at radius 3 is 2.82 bits per heavy atom. The van der Waals surface area contributed by atoms with Crippen LogP contribution in [0.1, 0.15) is 19.8 Å². The molecule has 0 fully saturated rings. The Labute approximate surface area is 98.3 Å². The lowest BCUT2D eigenvalue weighted by atomic mass is 10.3. The molecule has 5 heteroatoms. The molecule has 0 saturated carbocycles. The number of ether oxygens (including phenoxy) is 2. The maximum absolute atomic E-state index is 13.1. The van der Waals surface area contributed by atoms with E-state index in [0.717, 1.165) is 31.0 Å². The van der Waals surface area contributed by atoms with E-state index in [1.807, 2.05) is 6.92 Å². The Bertz CT molecular complexity index is 380. The van der Waals surface area contributed by atoms with E-state index in [0.29, 0.717) is 6.61 Å². The number of halogens is 2. The largest absolute Gasteiger partial charge is 0.479 e. The van der Waals surface area contributed by atoms with E-state index in [9.17, 15) is 13.6 Å². The predicted octanol–water partition coefficient (Wildman–Crippen LogP) is 2.69. The molecule has 0 atom stereocenters. The SMILES string of the molecule is CCCCOC(=O)COc1cc(F)ccc1F. The second-order valence-corrected chi connectivity index (χ2v) is 3.44. The first-order valence-corrected chi connectivity index (χ1v) is 5.37. The fourth-order valence-corrected chi connectivity index (χ4v) is 1.10. The Balaban J connectivity index is 2.39. The van der Waals surface area contributed by atoms with Gasteiger partial charge in [-0.25, -0.2) is 13.6 Å². The highest BCUT2D eigenvalue weighted by molar-refractivity contribution is 5.71. The number of esters is 1. The maximum atomic E-state index is 13.1. The van der Waals surface area contributed by atoms with Crippen molar-refractivity contribution in [1.29, 1.82) is 0 Å². The minimum atomic E-state index is -0.715. The van der Waals surface area contributed by atoms with E-state index < -0.39 is 24.2 Å². The van der Waals surface area contributed by atoms with Gasteiger partial charge in [-0.15, -0.1) is 0 Å². The fraction of sp³-hybridized carbons (Fsp3) is 0.417. The van der Waals surface area contributed by atoms with Gasteiger partial charge in [0.2, 0.25) is 0 Å². The summed E-state index contributed by atoms with van der Waals surface area (Å²) in [5.41, 5.74) is 0. The molecule has 17 heavy (non-hydrogen) atoms. The molecule has 0 aliphatic heterocycles. The van der Waals surface area contributed by atoms with Crippen molar-refractivity contribution in [1.82, 2.24) is 0 Å². The highest BCUT2D eigenvalue weighted by Crippen LogP contribution is 2.17. The van der Waals surface area contributed by atoms with Gasteiger partial charge in [0, 0.05) is 6.07 Å². The van der Waals surface area contributed by atoms with Gasteiger partial charge in [0.25, 0.3) is 0 Å². The van der Waals surface area contributed by atoms with Crippen molar-refractivity contribution in [3.63, 3.8) is 0 Å². The molecule has 0 aliphatic rings. The van der Waals surface area contributed by atoms with Crippen molar-refractivity contribution in [2.75, 3.05) is 13.2 Å². The summed E-state index contributed by atoms with van der Waals surface area (Å²) in [6, 6.07) is 2.80. The molecular weight excluding hydrogens is 230 g/mol. The number of benzene rings is 1. The summed E-state index contributed by atoms with van der Waals surface area (Å²) in [4.78, 5) is 11.1. The normalized spacial score (nSPS) is 10.1. The summed E-state index contributed by atoms with van der Waals surface area (Å²) in [5, 5.41) is 0. The van der Waals surface area contributed by atoms with E-state index in [1.165, 1.54) is 0 Å². The zero-order valence-electron chi connectivity index (χ0n) is 9.54. The van der Waals surface area contributed by atoms with Crippen LogP contribution in [-0.2, 0) is 9.53 Å². The lowest BCUT2D eigenvalue weighted by Crippen LogP contribution is -2.16. The molecule has 0 radical (unpaired) electrons. The molecule has 0 aliphatic carbocycles. The second kappa shape index (κ2) is 6.83. The molecule has 1 aromatic rings. The molecular formula is C12H14F2O3. The molecule has 0 bridgehead atoms. The van der Waals surface area contributed by atoms with Crippen molar-refractivity contribution < 1.29 is 23.0 Å². The first-order chi connectivity index (χ1) is 8.13. The summed E-state index contributed by atoms with van der Waals surface area (Å²) in [7, 11) is 0. The number of carbonyl (C=O) groups is 1. The van der Waals surface area contributed by atoms with Gasteiger partial charge in [0.15, 0.2) is 18.2 Å². The van der Waals surface area contributed by atoms with Gasteiger partial charge >= 0.3 is 5.97 Å². The standard InChI is InChI=1S/C12H14F2O3/c1-2-3-6-16-12(15)8-17-11-7-9(13)4-5-10(11)14/h4-5,7H,2-3,6,8H2,1H3. The third kappa shape index (κ3) is 4.80. The molecule has 3 nitrogen and oxygen atoms in total. The van der Waals surface area contributed by atoms with E-state index in [2.05, 4.69) is 0 Å². The molecule has 0 unspecified atom stereocenters. The second-order valence-electron chi connectivity index (χ2n) is 3.44. The Morgan fingerprint density at radius 1 is 1.35 bits per heavy atom. The van der Waals surface area contributed by atoms with E-state index >= 15 is 0 Å². The Hall–Kier alpha value is -1.65. The monoisotopic (exact) mass is 244 g/mol. The fourth-order valence-electron chi connectivity index (χ4n) is 1.10. The quantitative estimate of drug-likeness (QED) is 0.570. The molecule has 0 aromatic heterocycles. The van der Waals surface area contributed by atoms with Crippen molar-refractivity contribution in [2.24, 2.45) is 0 Å². The summed E-state index contributed by atoms with van der Waals surface area (Å²) in [6.07, 6.45) is 1.67. The zero-order valence-corrected chi connectivity index (χ0v) is 9.54. The third-order valence-electron chi connectivity index (χ3n) is 2.00. The first kappa shape index (κ1) is 13.4. The van der Waals surface area contributed by atoms with Crippen molar-refractivity contribution in [3.05, 3.63) is 29.8 Å². The topological polar surface area (TPSA) is 35.5 Å². The average molecular weight is 244 g/mol. The van der Waals surface area contributed by atoms with Gasteiger partial charge in [-0.05, 0) is 18.6 Å². The van der Waals surface area contributed by atoms with Crippen LogP contribution < -0.4 is 4.74 Å². The lowest BCUT2D eigenvalue weighted by molar-refractivity contribution is -0.146. The van der Waals surface area contributed by atoms with Crippen LogP contribution in [0.15, 0.2) is 18.2 Å². The molecule has 0 saturated heterocycles. The summed E-state index contributed by atoms with van der Waals surface area (Å²) in [5.74, 6) is -2.23. The van der Waals surface area contributed by atoms with Gasteiger partial charge in [-0.2, -0.15) is 0 Å². The number of unbranched alkanes of at least 4 members (excludes halogenated alkanes) is 1. The van der Waals surface area contributed by atoms with Gasteiger partial charge in [0.1, 0.15) is 5.82 Å². The Morgan fingerprint density at radius 2 is 2.12 bits per heavy atom. The maximum Gasteiger partial charge on any atom is 0.344 e. The molecule has 1 rings (SSSR count). The highest BCUT2D eigenvalue weighted by Gasteiger charge is 2.08. The van der Waals surface area contributed by atoms with Gasteiger partial charge in [-0.3, -0.25) is 0 Å². The zero-order chi connectivity index (χ0) is 12.7. The van der Waals surface area contributed by atoms with E-state index in [1.54, 1.807) is 0 Å². The van der Waals surface area contributed by atoms with Crippen LogP contribution in [0.4, 0.5) is 8.78 Å². The summed E-state index contributed by atoms with van der Waals surface area (Å²) < 4.78 is 35.5. The van der Waals surface area contributed by atoms with Gasteiger partial charge in [-0.1, -0.05) is 13.3 Å². The summed E-state index contributed by atoms with van der Waals surface area (Å²) in [6.45, 7) is 1.85. The minimum absolute atomic E-state index is 0.294. The predicted molar refractivity (Wildman–Crippen MR) is 57.7 cm³/mol. The number of carbonyl (C=O) groups excluding carboxylic acids is 1. The van der Waals surface area contributed by atoms with Crippen LogP contribution in [0.25, 0.3) is 0 Å². The van der Waals surface area contributed by atoms with Gasteiger partial charge in [0.05, 0.1) is 6.61 Å². The van der Waals surface area contributed by atoms with Crippen molar-refractivity contribution in [3.8, 4) is 5.75 Å². The third-order valence-corrected chi connectivity index (χ3v) is 2.00. The van der Waals surface area contributed by atoms with Crippen molar-refractivity contribution in [2.45, 2.75) is 19.8 Å². The molecule has 1 aromatic carbocycles. The number of hydrogen-bond donors (Lipinski definition) is 0. The minimum Gasteiger partial charge on any atom is -0.479 e. The van der Waals surface area contributed by atoms with Crippen LogP contribution in [0.2, 0.25) is 0 Å². The van der Waals surface area contributed by atoms with Crippen LogP contribution in [0, 0.1) is 11.6 Å². The lowest BCUT2D eigenvalue weighted by Gasteiger charge is -2.07. The first-order valence-electron chi connectivity index (χ1n) is 5.37. The number of rotatable bonds is 6. The molecule has 94 valence electrons. The molecule has 0 N–H and O–H groups in total. The van der Waals surface area contributed by atoms with Crippen LogP contribution in [-0.4, -0.2) is 19.2 Å². The van der Waals surface area contributed by atoms with Crippen LogP contribution in [0.3, 0.4) is 0 Å². The number of hydrogen-bond acceptors (Lipinski definition) is 3. The molecule has 0 heterocycles. The van der Waals surface area contributed by atoms with E-state index in [4.69, 9.17) is 9.47 Å². The molecule has 0 amide bonds. The van der Waals surface area contributed by atoms with Crippen molar-refractivity contribution >= 4 is 5.97 Å².